The number of nitrogens with one attached hydrogen (secondary N) is 1. The average Bonchev–Trinajstić information content (AvgIpc) is 2.85. The van der Waals surface area contributed by atoms with E-state index in [0.717, 1.165) is 23.0 Å². The molecule has 3 rings (SSSR count). The van der Waals surface area contributed by atoms with Crippen molar-refractivity contribution in [2.75, 3.05) is 18.5 Å². The van der Waals surface area contributed by atoms with E-state index in [1.165, 1.54) is 0 Å². The van der Waals surface area contributed by atoms with Crippen molar-refractivity contribution in [2.24, 2.45) is 7.05 Å². The number of rotatable bonds is 3. The minimum atomic E-state index is 0.127. The van der Waals surface area contributed by atoms with Gasteiger partial charge in [-0.25, -0.2) is 4.98 Å². The van der Waals surface area contributed by atoms with Crippen LogP contribution >= 0.6 is 0 Å². The van der Waals surface area contributed by atoms with E-state index in [-0.39, 0.29) is 6.04 Å². The van der Waals surface area contributed by atoms with Crippen molar-refractivity contribution >= 4 is 5.69 Å². The van der Waals surface area contributed by atoms with Gasteiger partial charge in [-0.15, -0.1) is 0 Å². The smallest absolute Gasteiger partial charge is 0.163 e. The number of hydrogen-bond donors (Lipinski definition) is 1. The van der Waals surface area contributed by atoms with E-state index in [4.69, 9.17) is 9.47 Å². The zero-order valence-electron chi connectivity index (χ0n) is 11.1. The summed E-state index contributed by atoms with van der Waals surface area (Å²) in [5.41, 5.74) is 1.000. The van der Waals surface area contributed by atoms with Crippen LogP contribution in [0.15, 0.2) is 30.6 Å². The minimum absolute atomic E-state index is 0.127. The van der Waals surface area contributed by atoms with Gasteiger partial charge in [0.25, 0.3) is 0 Å². The van der Waals surface area contributed by atoms with Gasteiger partial charge in [-0.2, -0.15) is 0 Å². The Morgan fingerprint density at radius 1 is 1.26 bits per heavy atom. The summed E-state index contributed by atoms with van der Waals surface area (Å²) in [6, 6.07) is 6.02. The topological polar surface area (TPSA) is 48.3 Å². The lowest BCUT2D eigenvalue weighted by Gasteiger charge is -2.20. The molecule has 1 aromatic carbocycles. The lowest BCUT2D eigenvalue weighted by Crippen LogP contribution is -2.16. The van der Waals surface area contributed by atoms with Crippen LogP contribution in [-0.2, 0) is 7.05 Å². The molecule has 2 aromatic rings. The van der Waals surface area contributed by atoms with E-state index < -0.39 is 0 Å². The SMILES string of the molecule is CC(Nc1ccc2c(c1)OCCO2)c1nccn1C. The van der Waals surface area contributed by atoms with Crippen LogP contribution in [0.3, 0.4) is 0 Å². The molecule has 5 nitrogen and oxygen atoms in total. The molecule has 0 saturated carbocycles. The third-order valence-electron chi connectivity index (χ3n) is 3.17. The van der Waals surface area contributed by atoms with Gasteiger partial charge in [0.05, 0.1) is 6.04 Å². The van der Waals surface area contributed by atoms with Gasteiger partial charge in [0, 0.05) is 31.2 Å². The Labute approximate surface area is 112 Å². The second-order valence-electron chi connectivity index (χ2n) is 4.62. The van der Waals surface area contributed by atoms with Crippen LogP contribution in [0.5, 0.6) is 11.5 Å². The predicted octanol–water partition coefficient (Wildman–Crippen LogP) is 2.36. The summed E-state index contributed by atoms with van der Waals surface area (Å²) in [5.74, 6) is 2.60. The first-order chi connectivity index (χ1) is 9.24. The van der Waals surface area contributed by atoms with E-state index in [1.54, 1.807) is 6.20 Å². The van der Waals surface area contributed by atoms with Gasteiger partial charge in [0.1, 0.15) is 19.0 Å². The molecule has 1 aliphatic rings. The Morgan fingerprint density at radius 2 is 2.05 bits per heavy atom. The van der Waals surface area contributed by atoms with Crippen LogP contribution < -0.4 is 14.8 Å². The number of aromatic nitrogens is 2. The first-order valence-corrected chi connectivity index (χ1v) is 6.37. The van der Waals surface area contributed by atoms with Crippen LogP contribution in [0.2, 0.25) is 0 Å². The highest BCUT2D eigenvalue weighted by Gasteiger charge is 2.14. The number of aryl methyl sites for hydroxylation is 1. The lowest BCUT2D eigenvalue weighted by atomic mass is 10.2. The summed E-state index contributed by atoms with van der Waals surface area (Å²) in [6.07, 6.45) is 3.74. The van der Waals surface area contributed by atoms with Crippen molar-refractivity contribution in [1.82, 2.24) is 9.55 Å². The second kappa shape index (κ2) is 4.84. The van der Waals surface area contributed by atoms with Gasteiger partial charge in [-0.1, -0.05) is 0 Å². The van der Waals surface area contributed by atoms with Crippen LogP contribution in [0, 0.1) is 0 Å². The average molecular weight is 259 g/mol. The Kier molecular flexibility index (Phi) is 3.03. The Morgan fingerprint density at radius 3 is 2.79 bits per heavy atom. The fourth-order valence-corrected chi connectivity index (χ4v) is 2.24. The van der Waals surface area contributed by atoms with E-state index in [2.05, 4.69) is 17.2 Å². The maximum atomic E-state index is 5.57. The van der Waals surface area contributed by atoms with Crippen molar-refractivity contribution < 1.29 is 9.47 Å². The van der Waals surface area contributed by atoms with Gasteiger partial charge < -0.3 is 19.4 Å². The van der Waals surface area contributed by atoms with Gasteiger partial charge in [-0.3, -0.25) is 0 Å². The van der Waals surface area contributed by atoms with Crippen molar-refractivity contribution in [1.29, 1.82) is 0 Å². The molecule has 19 heavy (non-hydrogen) atoms. The molecular weight excluding hydrogens is 242 g/mol. The number of anilines is 1. The van der Waals surface area contributed by atoms with E-state index in [1.807, 2.05) is 36.0 Å². The van der Waals surface area contributed by atoms with Crippen LogP contribution in [0.4, 0.5) is 5.69 Å². The third-order valence-corrected chi connectivity index (χ3v) is 3.17. The molecule has 1 unspecified atom stereocenters. The highest BCUT2D eigenvalue weighted by Crippen LogP contribution is 2.33. The normalized spacial score (nSPS) is 15.1. The Balaban J connectivity index is 1.78. The summed E-state index contributed by atoms with van der Waals surface area (Å²) in [7, 11) is 1.99. The summed E-state index contributed by atoms with van der Waals surface area (Å²) in [4.78, 5) is 4.34. The fraction of sp³-hybridized carbons (Fsp3) is 0.357. The van der Waals surface area contributed by atoms with Crippen LogP contribution in [-0.4, -0.2) is 22.8 Å². The maximum absolute atomic E-state index is 5.57. The molecule has 1 aromatic heterocycles. The van der Waals surface area contributed by atoms with Gasteiger partial charge >= 0.3 is 0 Å². The molecule has 1 N–H and O–H groups in total. The first-order valence-electron chi connectivity index (χ1n) is 6.37. The molecule has 1 atom stereocenters. The number of nitrogens with zero attached hydrogens (tertiary/aromatic N) is 2. The summed E-state index contributed by atoms with van der Waals surface area (Å²) in [6.45, 7) is 3.30. The number of benzene rings is 1. The van der Waals surface area contributed by atoms with Crippen molar-refractivity contribution in [2.45, 2.75) is 13.0 Å². The maximum Gasteiger partial charge on any atom is 0.163 e. The van der Waals surface area contributed by atoms with Crippen LogP contribution in [0.1, 0.15) is 18.8 Å². The number of hydrogen-bond acceptors (Lipinski definition) is 4. The molecule has 2 heterocycles. The number of fused-ring (bicyclic) bond motifs is 1. The molecule has 100 valence electrons. The minimum Gasteiger partial charge on any atom is -0.486 e. The Hall–Kier alpha value is -2.17. The first kappa shape index (κ1) is 11.9. The van der Waals surface area contributed by atoms with Gasteiger partial charge in [0.2, 0.25) is 0 Å². The molecule has 0 fully saturated rings. The number of imidazole rings is 1. The zero-order valence-corrected chi connectivity index (χ0v) is 11.1. The van der Waals surface area contributed by atoms with Crippen molar-refractivity contribution in [3.63, 3.8) is 0 Å². The molecule has 0 spiro atoms. The molecule has 0 saturated heterocycles. The van der Waals surface area contributed by atoms with Crippen molar-refractivity contribution in [3.8, 4) is 11.5 Å². The molecule has 0 amide bonds. The quantitative estimate of drug-likeness (QED) is 0.919. The molecule has 1 aliphatic heterocycles. The molecule has 0 bridgehead atoms. The summed E-state index contributed by atoms with van der Waals surface area (Å²) >= 11 is 0. The van der Waals surface area contributed by atoms with Gasteiger partial charge in [0.15, 0.2) is 11.5 Å². The highest BCUT2D eigenvalue weighted by atomic mass is 16.6. The third kappa shape index (κ3) is 2.36. The highest BCUT2D eigenvalue weighted by molar-refractivity contribution is 5.55. The molecule has 0 radical (unpaired) electrons. The Bertz CT molecular complexity index is 580. The van der Waals surface area contributed by atoms with E-state index in [9.17, 15) is 0 Å². The van der Waals surface area contributed by atoms with Crippen LogP contribution in [0.25, 0.3) is 0 Å². The fourth-order valence-electron chi connectivity index (χ4n) is 2.24. The number of ether oxygens (including phenoxy) is 2. The summed E-state index contributed by atoms with van der Waals surface area (Å²) < 4.78 is 13.1. The standard InChI is InChI=1S/C14H17N3O2/c1-10(14-15-5-6-17(14)2)16-11-3-4-12-13(9-11)19-8-7-18-12/h3-6,9-10,16H,7-8H2,1-2H3. The second-order valence-corrected chi connectivity index (χ2v) is 4.62. The van der Waals surface area contributed by atoms with E-state index >= 15 is 0 Å². The lowest BCUT2D eigenvalue weighted by molar-refractivity contribution is 0.171. The zero-order chi connectivity index (χ0) is 13.2. The predicted molar refractivity (Wildman–Crippen MR) is 72.7 cm³/mol. The largest absolute Gasteiger partial charge is 0.486 e. The molecule has 0 aliphatic carbocycles. The summed E-state index contributed by atoms with van der Waals surface area (Å²) in [5, 5.41) is 3.42. The molecule has 5 heteroatoms. The monoisotopic (exact) mass is 259 g/mol. The molecular formula is C14H17N3O2. The van der Waals surface area contributed by atoms with Crippen molar-refractivity contribution in [3.05, 3.63) is 36.4 Å². The van der Waals surface area contributed by atoms with E-state index in [0.29, 0.717) is 13.2 Å². The van der Waals surface area contributed by atoms with Gasteiger partial charge in [-0.05, 0) is 19.1 Å².